The van der Waals surface area contributed by atoms with Crippen molar-refractivity contribution in [3.8, 4) is 0 Å². The van der Waals surface area contributed by atoms with E-state index in [0.717, 1.165) is 17.6 Å². The molecule has 2 nitrogen and oxygen atoms in total. The predicted molar refractivity (Wildman–Crippen MR) is 59.0 cm³/mol. The summed E-state index contributed by atoms with van der Waals surface area (Å²) < 4.78 is 1.13. The van der Waals surface area contributed by atoms with Crippen LogP contribution in [0.25, 0.3) is 0 Å². The summed E-state index contributed by atoms with van der Waals surface area (Å²) >= 11 is 3.46. The molecule has 1 aromatic carbocycles. The number of hydrogen-bond acceptors (Lipinski definition) is 2. The fraction of sp³-hybridized carbons (Fsp3) is 0.400. The quantitative estimate of drug-likeness (QED) is 0.829. The molecule has 1 aliphatic rings. The van der Waals surface area contributed by atoms with Crippen molar-refractivity contribution in [2.45, 2.75) is 12.5 Å². The van der Waals surface area contributed by atoms with Crippen molar-refractivity contribution in [3.05, 3.63) is 28.7 Å². The van der Waals surface area contributed by atoms with Crippen LogP contribution in [0, 0.1) is 0 Å². The highest BCUT2D eigenvalue weighted by Crippen LogP contribution is 2.17. The largest absolute Gasteiger partial charge is 0.381 e. The van der Waals surface area contributed by atoms with Crippen molar-refractivity contribution in [1.29, 1.82) is 0 Å². The molecule has 1 saturated heterocycles. The molecule has 0 radical (unpaired) electrons. The first-order valence-corrected chi connectivity index (χ1v) is 5.37. The summed E-state index contributed by atoms with van der Waals surface area (Å²) in [6, 6.07) is 8.89. The van der Waals surface area contributed by atoms with E-state index in [1.54, 1.807) is 0 Å². The molecule has 13 heavy (non-hydrogen) atoms. The van der Waals surface area contributed by atoms with Gasteiger partial charge in [0.25, 0.3) is 0 Å². The van der Waals surface area contributed by atoms with Gasteiger partial charge in [-0.15, -0.1) is 0 Å². The minimum absolute atomic E-state index is 0.592. The van der Waals surface area contributed by atoms with Crippen molar-refractivity contribution in [1.82, 2.24) is 5.32 Å². The zero-order chi connectivity index (χ0) is 9.10. The van der Waals surface area contributed by atoms with Crippen LogP contribution >= 0.6 is 15.9 Å². The monoisotopic (exact) mass is 240 g/mol. The van der Waals surface area contributed by atoms with Gasteiger partial charge in [-0.2, -0.15) is 0 Å². The van der Waals surface area contributed by atoms with E-state index in [9.17, 15) is 0 Å². The molecule has 1 heterocycles. The second kappa shape index (κ2) is 4.11. The number of rotatable bonds is 2. The van der Waals surface area contributed by atoms with Crippen LogP contribution in [0.1, 0.15) is 6.42 Å². The van der Waals surface area contributed by atoms with Crippen LogP contribution < -0.4 is 10.6 Å². The molecule has 1 aromatic rings. The molecule has 2 rings (SSSR count). The summed E-state index contributed by atoms with van der Waals surface area (Å²) in [5.74, 6) is 0. The molecule has 0 amide bonds. The Labute approximate surface area is 86.9 Å². The van der Waals surface area contributed by atoms with Crippen molar-refractivity contribution in [2.24, 2.45) is 0 Å². The van der Waals surface area contributed by atoms with Gasteiger partial charge in [0.05, 0.1) is 0 Å². The topological polar surface area (TPSA) is 24.1 Å². The number of benzene rings is 1. The number of hydrogen-bond donors (Lipinski definition) is 2. The van der Waals surface area contributed by atoms with E-state index < -0.39 is 0 Å². The highest BCUT2D eigenvalue weighted by Gasteiger charge is 2.13. The maximum Gasteiger partial charge on any atom is 0.0398 e. The van der Waals surface area contributed by atoms with E-state index in [0.29, 0.717) is 6.04 Å². The number of halogens is 1. The molecule has 0 aromatic heterocycles. The average Bonchev–Trinajstić information content (AvgIpc) is 2.57. The molecule has 1 aliphatic heterocycles. The maximum atomic E-state index is 3.49. The van der Waals surface area contributed by atoms with Gasteiger partial charge in [0.2, 0.25) is 0 Å². The highest BCUT2D eigenvalue weighted by atomic mass is 79.9. The Morgan fingerprint density at radius 3 is 3.08 bits per heavy atom. The molecular formula is C10H13BrN2. The van der Waals surface area contributed by atoms with Crippen LogP contribution in [0.5, 0.6) is 0 Å². The van der Waals surface area contributed by atoms with Gasteiger partial charge in [0.1, 0.15) is 0 Å². The predicted octanol–water partition coefficient (Wildman–Crippen LogP) is 2.22. The third kappa shape index (κ3) is 2.45. The Balaban J connectivity index is 2.00. The van der Waals surface area contributed by atoms with Gasteiger partial charge in [-0.25, -0.2) is 0 Å². The summed E-state index contributed by atoms with van der Waals surface area (Å²) in [6.45, 7) is 2.21. The van der Waals surface area contributed by atoms with E-state index in [1.807, 2.05) is 6.07 Å². The lowest BCUT2D eigenvalue weighted by molar-refractivity contribution is 0.793. The lowest BCUT2D eigenvalue weighted by Crippen LogP contribution is -2.21. The molecule has 1 fully saturated rings. The van der Waals surface area contributed by atoms with Crippen LogP contribution in [0.4, 0.5) is 5.69 Å². The first-order valence-electron chi connectivity index (χ1n) is 4.57. The van der Waals surface area contributed by atoms with Gasteiger partial charge in [0.15, 0.2) is 0 Å². The second-order valence-corrected chi connectivity index (χ2v) is 4.26. The molecule has 0 unspecified atom stereocenters. The standard InChI is InChI=1S/C10H13BrN2/c11-8-2-1-3-9(6-8)13-10-4-5-12-7-10/h1-3,6,10,12-13H,4-5,7H2/t10-/m0/s1. The first kappa shape index (κ1) is 9.03. The molecule has 0 aliphatic carbocycles. The van der Waals surface area contributed by atoms with Gasteiger partial charge >= 0.3 is 0 Å². The number of anilines is 1. The fourth-order valence-corrected chi connectivity index (χ4v) is 1.99. The van der Waals surface area contributed by atoms with Gasteiger partial charge in [-0.05, 0) is 31.2 Å². The van der Waals surface area contributed by atoms with E-state index in [4.69, 9.17) is 0 Å². The summed E-state index contributed by atoms with van der Waals surface area (Å²) in [4.78, 5) is 0. The third-order valence-corrected chi connectivity index (χ3v) is 2.75. The van der Waals surface area contributed by atoms with Gasteiger partial charge < -0.3 is 10.6 Å². The van der Waals surface area contributed by atoms with Crippen molar-refractivity contribution >= 4 is 21.6 Å². The van der Waals surface area contributed by atoms with E-state index in [1.165, 1.54) is 12.1 Å². The van der Waals surface area contributed by atoms with Crippen LogP contribution in [0.2, 0.25) is 0 Å². The van der Waals surface area contributed by atoms with Gasteiger partial charge in [-0.1, -0.05) is 22.0 Å². The minimum atomic E-state index is 0.592. The summed E-state index contributed by atoms with van der Waals surface area (Å²) in [7, 11) is 0. The average molecular weight is 241 g/mol. The molecule has 2 N–H and O–H groups in total. The van der Waals surface area contributed by atoms with Crippen molar-refractivity contribution in [2.75, 3.05) is 18.4 Å². The zero-order valence-electron chi connectivity index (χ0n) is 7.39. The SMILES string of the molecule is Brc1cccc(N[C@H]2CCNC2)c1. The van der Waals surface area contributed by atoms with E-state index in [2.05, 4.69) is 44.8 Å². The molecule has 0 saturated carbocycles. The molecular weight excluding hydrogens is 228 g/mol. The Morgan fingerprint density at radius 1 is 1.46 bits per heavy atom. The minimum Gasteiger partial charge on any atom is -0.381 e. The molecule has 1 atom stereocenters. The normalized spacial score (nSPS) is 21.8. The summed E-state index contributed by atoms with van der Waals surface area (Å²) in [5.41, 5.74) is 1.20. The number of nitrogens with one attached hydrogen (secondary N) is 2. The lowest BCUT2D eigenvalue weighted by atomic mass is 10.2. The van der Waals surface area contributed by atoms with Gasteiger partial charge in [-0.3, -0.25) is 0 Å². The zero-order valence-corrected chi connectivity index (χ0v) is 8.97. The molecule has 70 valence electrons. The Hall–Kier alpha value is -0.540. The molecule has 0 spiro atoms. The van der Waals surface area contributed by atoms with E-state index >= 15 is 0 Å². The third-order valence-electron chi connectivity index (χ3n) is 2.26. The Bertz CT molecular complexity index is 282. The summed E-state index contributed by atoms with van der Waals surface area (Å²) in [5, 5.41) is 6.82. The molecule has 0 bridgehead atoms. The first-order chi connectivity index (χ1) is 6.34. The lowest BCUT2D eigenvalue weighted by Gasteiger charge is -2.12. The second-order valence-electron chi connectivity index (χ2n) is 3.34. The summed E-state index contributed by atoms with van der Waals surface area (Å²) in [6.07, 6.45) is 1.21. The van der Waals surface area contributed by atoms with Crippen LogP contribution in [-0.2, 0) is 0 Å². The van der Waals surface area contributed by atoms with Crippen molar-refractivity contribution < 1.29 is 0 Å². The Kier molecular flexibility index (Phi) is 2.86. The highest BCUT2D eigenvalue weighted by molar-refractivity contribution is 9.10. The van der Waals surface area contributed by atoms with Crippen molar-refractivity contribution in [3.63, 3.8) is 0 Å². The maximum absolute atomic E-state index is 3.49. The van der Waals surface area contributed by atoms with E-state index in [-0.39, 0.29) is 0 Å². The van der Waals surface area contributed by atoms with Crippen LogP contribution in [0.3, 0.4) is 0 Å². The smallest absolute Gasteiger partial charge is 0.0398 e. The molecule has 3 heteroatoms. The van der Waals surface area contributed by atoms with Crippen LogP contribution in [-0.4, -0.2) is 19.1 Å². The van der Waals surface area contributed by atoms with Crippen LogP contribution in [0.15, 0.2) is 28.7 Å². The fourth-order valence-electron chi connectivity index (χ4n) is 1.59. The Morgan fingerprint density at radius 2 is 2.38 bits per heavy atom. The van der Waals surface area contributed by atoms with Gasteiger partial charge in [0, 0.05) is 22.7 Å².